The number of likely N-dealkylation sites (tertiary alicyclic amines) is 1. The Labute approximate surface area is 165 Å². The maximum atomic E-state index is 13.2. The number of rotatable bonds is 4. The van der Waals surface area contributed by atoms with Crippen LogP contribution in [0.25, 0.3) is 0 Å². The van der Waals surface area contributed by atoms with Crippen LogP contribution in [0, 0.1) is 0 Å². The molecular weight excluding hydrogens is 476 g/mol. The van der Waals surface area contributed by atoms with Crippen LogP contribution < -0.4 is 0 Å². The highest BCUT2D eigenvalue weighted by Crippen LogP contribution is 2.38. The second kappa shape index (κ2) is 8.05. The zero-order valence-corrected chi connectivity index (χ0v) is 18.7. The Morgan fingerprint density at radius 2 is 1.79 bits per heavy atom. The minimum Gasteiger partial charge on any atom is -0.299 e. The number of sulfonamides is 1. The van der Waals surface area contributed by atoms with Gasteiger partial charge < -0.3 is 0 Å². The minimum absolute atomic E-state index is 0.0847. The predicted molar refractivity (Wildman–Crippen MR) is 106 cm³/mol. The van der Waals surface area contributed by atoms with Crippen LogP contribution >= 0.6 is 43.2 Å². The molecule has 2 atom stereocenters. The summed E-state index contributed by atoms with van der Waals surface area (Å²) >= 11 is 8.12. The topological polar surface area (TPSA) is 40.6 Å². The van der Waals surface area contributed by atoms with Gasteiger partial charge in [0.15, 0.2) is 0 Å². The molecule has 0 bridgehead atoms. The van der Waals surface area contributed by atoms with E-state index in [2.05, 4.69) is 43.7 Å². The van der Waals surface area contributed by atoms with Crippen LogP contribution in [-0.4, -0.2) is 49.3 Å². The molecule has 136 valence electrons. The van der Waals surface area contributed by atoms with Crippen LogP contribution in [0.15, 0.2) is 18.5 Å². The van der Waals surface area contributed by atoms with Crippen LogP contribution in [-0.2, 0) is 10.0 Å². The molecular formula is C16H24Br2N2O2S2. The Kier molecular flexibility index (Phi) is 6.47. The number of thiophene rings is 1. The van der Waals surface area contributed by atoms with Crippen LogP contribution in [0.4, 0.5) is 0 Å². The molecule has 2 aliphatic rings. The van der Waals surface area contributed by atoms with Gasteiger partial charge in [0.25, 0.3) is 10.0 Å². The third-order valence-corrected chi connectivity index (χ3v) is 10.8. The maximum Gasteiger partial charge on any atom is 0.252 e. The first kappa shape index (κ1) is 19.3. The minimum atomic E-state index is -3.43. The number of hydrogen-bond acceptors (Lipinski definition) is 4. The Bertz CT molecular complexity index is 652. The highest BCUT2D eigenvalue weighted by Gasteiger charge is 2.39. The van der Waals surface area contributed by atoms with Gasteiger partial charge in [0.05, 0.1) is 3.79 Å². The van der Waals surface area contributed by atoms with E-state index in [-0.39, 0.29) is 12.1 Å². The molecule has 0 aliphatic carbocycles. The number of piperidine rings is 2. The molecule has 2 fully saturated rings. The average Bonchev–Trinajstić information content (AvgIpc) is 2.95. The van der Waals surface area contributed by atoms with Gasteiger partial charge in [0.1, 0.15) is 4.21 Å². The summed E-state index contributed by atoms with van der Waals surface area (Å²) in [7, 11) is -3.43. The molecule has 4 nitrogen and oxygen atoms in total. The fourth-order valence-electron chi connectivity index (χ4n) is 3.85. The van der Waals surface area contributed by atoms with Gasteiger partial charge in [-0.15, -0.1) is 11.3 Å². The van der Waals surface area contributed by atoms with E-state index >= 15 is 0 Å². The van der Waals surface area contributed by atoms with Gasteiger partial charge in [-0.2, -0.15) is 4.31 Å². The molecule has 0 amide bonds. The monoisotopic (exact) mass is 498 g/mol. The molecule has 0 aromatic carbocycles. The van der Waals surface area contributed by atoms with Crippen molar-refractivity contribution < 1.29 is 8.42 Å². The van der Waals surface area contributed by atoms with Gasteiger partial charge in [0.2, 0.25) is 0 Å². The lowest BCUT2D eigenvalue weighted by molar-refractivity contribution is 0.0934. The Balaban J connectivity index is 1.85. The van der Waals surface area contributed by atoms with Gasteiger partial charge >= 0.3 is 0 Å². The summed E-state index contributed by atoms with van der Waals surface area (Å²) in [6.45, 7) is 5.05. The second-order valence-corrected chi connectivity index (χ2v) is 12.0. The first-order chi connectivity index (χ1) is 11.4. The first-order valence-corrected chi connectivity index (χ1v) is 12.5. The zero-order chi connectivity index (χ0) is 17.3. The van der Waals surface area contributed by atoms with Gasteiger partial charge in [-0.25, -0.2) is 8.42 Å². The molecule has 0 radical (unpaired) electrons. The van der Waals surface area contributed by atoms with Gasteiger partial charge in [-0.1, -0.05) is 12.8 Å². The third kappa shape index (κ3) is 3.93. The summed E-state index contributed by atoms with van der Waals surface area (Å²) in [5.41, 5.74) is 0. The summed E-state index contributed by atoms with van der Waals surface area (Å²) in [6.07, 6.45) is 6.80. The fourth-order valence-corrected chi connectivity index (χ4v) is 8.56. The molecule has 2 saturated heterocycles. The fraction of sp³-hybridized carbons (Fsp3) is 0.750. The summed E-state index contributed by atoms with van der Waals surface area (Å²) in [6, 6.07) is 2.09. The molecule has 1 aromatic rings. The summed E-state index contributed by atoms with van der Waals surface area (Å²) in [5.74, 6) is 0. The normalized spacial score (nSPS) is 25.7. The average molecular weight is 500 g/mol. The molecule has 8 heteroatoms. The number of nitrogens with zero attached hydrogens (tertiary/aromatic N) is 2. The quantitative estimate of drug-likeness (QED) is 0.603. The van der Waals surface area contributed by atoms with Gasteiger partial charge in [0, 0.05) is 23.1 Å². The zero-order valence-electron chi connectivity index (χ0n) is 13.9. The van der Waals surface area contributed by atoms with Gasteiger partial charge in [-0.05, 0) is 83.6 Å². The van der Waals surface area contributed by atoms with Crippen molar-refractivity contribution in [3.05, 3.63) is 14.3 Å². The van der Waals surface area contributed by atoms with Crippen LogP contribution in [0.2, 0.25) is 0 Å². The third-order valence-electron chi connectivity index (χ3n) is 5.21. The van der Waals surface area contributed by atoms with Crippen LogP contribution in [0.1, 0.15) is 45.4 Å². The molecule has 2 unspecified atom stereocenters. The van der Waals surface area contributed by atoms with E-state index in [1.165, 1.54) is 30.6 Å². The lowest BCUT2D eigenvalue weighted by atomic mass is 9.96. The first-order valence-electron chi connectivity index (χ1n) is 8.62. The molecule has 3 rings (SSSR count). The van der Waals surface area contributed by atoms with Crippen molar-refractivity contribution in [1.29, 1.82) is 0 Å². The largest absolute Gasteiger partial charge is 0.299 e. The van der Waals surface area contributed by atoms with E-state index < -0.39 is 10.0 Å². The van der Waals surface area contributed by atoms with E-state index in [1.54, 1.807) is 10.4 Å². The Morgan fingerprint density at radius 3 is 2.42 bits per heavy atom. The lowest BCUT2D eigenvalue weighted by Crippen LogP contribution is -2.55. The van der Waals surface area contributed by atoms with E-state index in [1.807, 2.05) is 0 Å². The van der Waals surface area contributed by atoms with Crippen LogP contribution in [0.5, 0.6) is 0 Å². The molecule has 0 saturated carbocycles. The summed E-state index contributed by atoms with van der Waals surface area (Å²) in [5, 5.41) is 0. The maximum absolute atomic E-state index is 13.2. The van der Waals surface area contributed by atoms with Gasteiger partial charge in [-0.3, -0.25) is 4.90 Å². The van der Waals surface area contributed by atoms with E-state index in [4.69, 9.17) is 0 Å². The van der Waals surface area contributed by atoms with E-state index in [9.17, 15) is 8.42 Å². The van der Waals surface area contributed by atoms with Crippen molar-refractivity contribution in [3.8, 4) is 0 Å². The van der Waals surface area contributed by atoms with Crippen molar-refractivity contribution in [2.24, 2.45) is 0 Å². The molecule has 0 spiro atoms. The number of halogens is 2. The Morgan fingerprint density at radius 1 is 1.12 bits per heavy atom. The molecule has 2 aliphatic heterocycles. The summed E-state index contributed by atoms with van der Waals surface area (Å²) < 4.78 is 30.3. The van der Waals surface area contributed by atoms with Crippen molar-refractivity contribution >= 4 is 53.2 Å². The Hall–Kier alpha value is 0.530. The SMILES string of the molecule is CC(C1CCCCN1S(=O)(=O)c1cc(Br)c(Br)s1)N1CCCCC1. The molecule has 24 heavy (non-hydrogen) atoms. The van der Waals surface area contributed by atoms with Crippen LogP contribution in [0.3, 0.4) is 0 Å². The second-order valence-electron chi connectivity index (χ2n) is 6.70. The van der Waals surface area contributed by atoms with Crippen molar-refractivity contribution in [1.82, 2.24) is 9.21 Å². The predicted octanol–water partition coefficient (Wildman–Crippen LogP) is 4.69. The summed E-state index contributed by atoms with van der Waals surface area (Å²) in [4.78, 5) is 2.49. The lowest BCUT2D eigenvalue weighted by Gasteiger charge is -2.43. The van der Waals surface area contributed by atoms with Crippen molar-refractivity contribution in [2.45, 2.75) is 61.7 Å². The van der Waals surface area contributed by atoms with E-state index in [0.717, 1.165) is 40.6 Å². The smallest absolute Gasteiger partial charge is 0.252 e. The molecule has 0 N–H and O–H groups in total. The molecule has 3 heterocycles. The highest BCUT2D eigenvalue weighted by molar-refractivity contribution is 9.13. The standard InChI is InChI=1S/C16H24Br2N2O2S2/c1-12(19-8-4-2-5-9-19)14-7-3-6-10-20(14)24(21,22)15-11-13(17)16(18)23-15/h11-12,14H,2-10H2,1H3. The highest BCUT2D eigenvalue weighted by atomic mass is 79.9. The van der Waals surface area contributed by atoms with Crippen molar-refractivity contribution in [3.63, 3.8) is 0 Å². The van der Waals surface area contributed by atoms with E-state index in [0.29, 0.717) is 10.8 Å². The molecule has 1 aromatic heterocycles. The number of hydrogen-bond donors (Lipinski definition) is 0. The van der Waals surface area contributed by atoms with Crippen molar-refractivity contribution in [2.75, 3.05) is 19.6 Å².